The SMILES string of the molecule is CNCC(C)NCc1ccc(Cl)cc1OC. The second-order valence-electron chi connectivity index (χ2n) is 3.80. The normalized spacial score (nSPS) is 12.5. The highest BCUT2D eigenvalue weighted by Gasteiger charge is 2.05. The third-order valence-electron chi connectivity index (χ3n) is 2.40. The Hall–Kier alpha value is -0.770. The van der Waals surface area contributed by atoms with Gasteiger partial charge in [-0.25, -0.2) is 0 Å². The van der Waals surface area contributed by atoms with E-state index in [-0.39, 0.29) is 0 Å². The van der Waals surface area contributed by atoms with Gasteiger partial charge in [-0.2, -0.15) is 0 Å². The minimum absolute atomic E-state index is 0.422. The Morgan fingerprint density at radius 2 is 2.19 bits per heavy atom. The molecule has 1 unspecified atom stereocenters. The van der Waals surface area contributed by atoms with E-state index in [1.807, 2.05) is 25.2 Å². The Labute approximate surface area is 102 Å². The van der Waals surface area contributed by atoms with Crippen LogP contribution in [0.3, 0.4) is 0 Å². The topological polar surface area (TPSA) is 33.3 Å². The Kier molecular flexibility index (Phi) is 5.60. The third-order valence-corrected chi connectivity index (χ3v) is 2.64. The number of ether oxygens (including phenoxy) is 1. The molecule has 0 spiro atoms. The van der Waals surface area contributed by atoms with E-state index in [0.29, 0.717) is 11.1 Å². The molecule has 0 aliphatic rings. The first kappa shape index (κ1) is 13.3. The summed E-state index contributed by atoms with van der Waals surface area (Å²) in [6, 6.07) is 6.12. The molecule has 0 aliphatic heterocycles. The van der Waals surface area contributed by atoms with Crippen molar-refractivity contribution in [2.45, 2.75) is 19.5 Å². The summed E-state index contributed by atoms with van der Waals surface area (Å²) in [5.74, 6) is 0.830. The summed E-state index contributed by atoms with van der Waals surface area (Å²) in [6.45, 7) is 3.86. The van der Waals surface area contributed by atoms with E-state index in [4.69, 9.17) is 16.3 Å². The van der Waals surface area contributed by atoms with Crippen molar-refractivity contribution < 1.29 is 4.74 Å². The van der Waals surface area contributed by atoms with Crippen LogP contribution in [0.5, 0.6) is 5.75 Å². The predicted octanol–water partition coefficient (Wildman–Crippen LogP) is 2.05. The fraction of sp³-hybridized carbons (Fsp3) is 0.500. The lowest BCUT2D eigenvalue weighted by Crippen LogP contribution is -2.34. The summed E-state index contributed by atoms with van der Waals surface area (Å²) in [5.41, 5.74) is 1.12. The zero-order valence-electron chi connectivity index (χ0n) is 10.0. The number of rotatable bonds is 6. The summed E-state index contributed by atoms with van der Waals surface area (Å²) >= 11 is 5.90. The molecule has 4 heteroatoms. The first-order valence-electron chi connectivity index (χ1n) is 5.37. The molecule has 90 valence electrons. The van der Waals surface area contributed by atoms with Crippen LogP contribution in [0.2, 0.25) is 5.02 Å². The van der Waals surface area contributed by atoms with E-state index in [2.05, 4.69) is 17.6 Å². The molecular formula is C12H19ClN2O. The fourth-order valence-corrected chi connectivity index (χ4v) is 1.69. The van der Waals surface area contributed by atoms with Crippen LogP contribution >= 0.6 is 11.6 Å². The quantitative estimate of drug-likeness (QED) is 0.801. The fourth-order valence-electron chi connectivity index (χ4n) is 1.53. The summed E-state index contributed by atoms with van der Waals surface area (Å²) in [4.78, 5) is 0. The summed E-state index contributed by atoms with van der Waals surface area (Å²) in [7, 11) is 3.60. The first-order valence-corrected chi connectivity index (χ1v) is 5.75. The van der Waals surface area contributed by atoms with Crippen LogP contribution in [-0.2, 0) is 6.54 Å². The van der Waals surface area contributed by atoms with Crippen LogP contribution in [-0.4, -0.2) is 26.7 Å². The van der Waals surface area contributed by atoms with Crippen LogP contribution in [0, 0.1) is 0 Å². The molecule has 16 heavy (non-hydrogen) atoms. The lowest BCUT2D eigenvalue weighted by molar-refractivity contribution is 0.405. The standard InChI is InChI=1S/C12H19ClN2O/c1-9(7-14-2)15-8-10-4-5-11(13)6-12(10)16-3/h4-6,9,14-15H,7-8H2,1-3H3. The number of hydrogen-bond acceptors (Lipinski definition) is 3. The van der Waals surface area contributed by atoms with Crippen molar-refractivity contribution in [1.29, 1.82) is 0 Å². The van der Waals surface area contributed by atoms with Gasteiger partial charge in [0.1, 0.15) is 5.75 Å². The number of nitrogens with one attached hydrogen (secondary N) is 2. The Bertz CT molecular complexity index is 331. The molecule has 0 amide bonds. The number of methoxy groups -OCH3 is 1. The van der Waals surface area contributed by atoms with Crippen molar-refractivity contribution in [2.75, 3.05) is 20.7 Å². The van der Waals surface area contributed by atoms with Crippen molar-refractivity contribution in [3.05, 3.63) is 28.8 Å². The molecule has 0 aromatic heterocycles. The molecule has 3 nitrogen and oxygen atoms in total. The van der Waals surface area contributed by atoms with E-state index in [1.54, 1.807) is 7.11 Å². The van der Waals surface area contributed by atoms with Crippen molar-refractivity contribution in [3.63, 3.8) is 0 Å². The minimum atomic E-state index is 0.422. The van der Waals surface area contributed by atoms with Gasteiger partial charge in [0.05, 0.1) is 7.11 Å². The highest BCUT2D eigenvalue weighted by Crippen LogP contribution is 2.22. The third kappa shape index (κ3) is 4.00. The van der Waals surface area contributed by atoms with E-state index in [1.165, 1.54) is 0 Å². The monoisotopic (exact) mass is 242 g/mol. The lowest BCUT2D eigenvalue weighted by atomic mass is 10.2. The van der Waals surface area contributed by atoms with Gasteiger partial charge >= 0.3 is 0 Å². The Morgan fingerprint density at radius 1 is 1.44 bits per heavy atom. The van der Waals surface area contributed by atoms with Gasteiger partial charge in [-0.3, -0.25) is 0 Å². The highest BCUT2D eigenvalue weighted by atomic mass is 35.5. The summed E-state index contributed by atoms with van der Waals surface area (Å²) < 4.78 is 5.28. The van der Waals surface area contributed by atoms with Gasteiger partial charge < -0.3 is 15.4 Å². The van der Waals surface area contributed by atoms with E-state index in [9.17, 15) is 0 Å². The van der Waals surface area contributed by atoms with Gasteiger partial charge in [0.15, 0.2) is 0 Å². The molecule has 0 bridgehead atoms. The molecule has 1 aromatic rings. The molecule has 1 atom stereocenters. The number of hydrogen-bond donors (Lipinski definition) is 2. The van der Waals surface area contributed by atoms with Crippen LogP contribution in [0.15, 0.2) is 18.2 Å². The molecule has 0 fully saturated rings. The van der Waals surface area contributed by atoms with Gasteiger partial charge in [0.2, 0.25) is 0 Å². The Morgan fingerprint density at radius 3 is 2.81 bits per heavy atom. The molecule has 1 rings (SSSR count). The second kappa shape index (κ2) is 6.74. The number of halogens is 1. The van der Waals surface area contributed by atoms with Gasteiger partial charge in [0.25, 0.3) is 0 Å². The average Bonchev–Trinajstić information content (AvgIpc) is 2.27. The van der Waals surface area contributed by atoms with Crippen molar-refractivity contribution in [3.8, 4) is 5.75 Å². The van der Waals surface area contributed by atoms with E-state index in [0.717, 1.165) is 24.4 Å². The van der Waals surface area contributed by atoms with Crippen LogP contribution < -0.4 is 15.4 Å². The van der Waals surface area contributed by atoms with Gasteiger partial charge in [-0.05, 0) is 26.1 Å². The second-order valence-corrected chi connectivity index (χ2v) is 4.23. The smallest absolute Gasteiger partial charge is 0.124 e. The number of likely N-dealkylation sites (N-methyl/N-ethyl adjacent to an activating group) is 1. The molecular weight excluding hydrogens is 224 g/mol. The maximum atomic E-state index is 5.90. The van der Waals surface area contributed by atoms with Gasteiger partial charge in [-0.1, -0.05) is 17.7 Å². The van der Waals surface area contributed by atoms with Gasteiger partial charge in [-0.15, -0.1) is 0 Å². The van der Waals surface area contributed by atoms with Crippen molar-refractivity contribution in [1.82, 2.24) is 10.6 Å². The molecule has 1 aromatic carbocycles. The molecule has 0 aliphatic carbocycles. The Balaban J connectivity index is 2.59. The van der Waals surface area contributed by atoms with Gasteiger partial charge in [0, 0.05) is 29.7 Å². The molecule has 0 heterocycles. The first-order chi connectivity index (χ1) is 7.67. The maximum Gasteiger partial charge on any atom is 0.124 e. The molecule has 0 saturated carbocycles. The lowest BCUT2D eigenvalue weighted by Gasteiger charge is -2.15. The number of benzene rings is 1. The van der Waals surface area contributed by atoms with Crippen molar-refractivity contribution in [2.24, 2.45) is 0 Å². The maximum absolute atomic E-state index is 5.90. The molecule has 0 radical (unpaired) electrons. The largest absolute Gasteiger partial charge is 0.496 e. The minimum Gasteiger partial charge on any atom is -0.496 e. The predicted molar refractivity (Wildman–Crippen MR) is 68.2 cm³/mol. The summed E-state index contributed by atoms with van der Waals surface area (Å²) in [6.07, 6.45) is 0. The zero-order chi connectivity index (χ0) is 12.0. The zero-order valence-corrected chi connectivity index (χ0v) is 10.8. The van der Waals surface area contributed by atoms with Crippen LogP contribution in [0.25, 0.3) is 0 Å². The highest BCUT2D eigenvalue weighted by molar-refractivity contribution is 6.30. The van der Waals surface area contributed by atoms with Crippen molar-refractivity contribution >= 4 is 11.6 Å². The van der Waals surface area contributed by atoms with Crippen LogP contribution in [0.1, 0.15) is 12.5 Å². The molecule has 2 N–H and O–H groups in total. The average molecular weight is 243 g/mol. The summed E-state index contributed by atoms with van der Waals surface area (Å²) in [5, 5.41) is 7.23. The van der Waals surface area contributed by atoms with E-state index >= 15 is 0 Å². The van der Waals surface area contributed by atoms with Crippen LogP contribution in [0.4, 0.5) is 0 Å². The molecule has 0 saturated heterocycles. The van der Waals surface area contributed by atoms with E-state index < -0.39 is 0 Å².